The second-order valence-electron chi connectivity index (χ2n) is 10.9. The van der Waals surface area contributed by atoms with Crippen LogP contribution in [-0.2, 0) is 10.0 Å². The molecule has 0 saturated carbocycles. The van der Waals surface area contributed by atoms with Crippen molar-refractivity contribution in [3.05, 3.63) is 101 Å². The van der Waals surface area contributed by atoms with Gasteiger partial charge in [-0.25, -0.2) is 22.5 Å². The minimum absolute atomic E-state index is 0.0101. The van der Waals surface area contributed by atoms with Crippen molar-refractivity contribution in [3.63, 3.8) is 0 Å². The van der Waals surface area contributed by atoms with Gasteiger partial charge >= 0.3 is 0 Å². The van der Waals surface area contributed by atoms with Crippen LogP contribution in [0.1, 0.15) is 57.5 Å². The van der Waals surface area contributed by atoms with E-state index in [9.17, 15) is 22.4 Å². The highest BCUT2D eigenvalue weighted by Crippen LogP contribution is 2.32. The van der Waals surface area contributed by atoms with Crippen molar-refractivity contribution in [1.82, 2.24) is 24.2 Å². The van der Waals surface area contributed by atoms with Gasteiger partial charge < -0.3 is 10.2 Å². The molecule has 3 aromatic carbocycles. The fraction of sp³-hybridized carbons (Fsp3) is 0.250. The largest absolute Gasteiger partial charge is 0.338 e. The molecule has 2 amide bonds. The van der Waals surface area contributed by atoms with Crippen LogP contribution in [0, 0.1) is 12.7 Å². The van der Waals surface area contributed by atoms with Gasteiger partial charge in [-0.1, -0.05) is 48.5 Å². The Morgan fingerprint density at radius 3 is 2.48 bits per heavy atom. The van der Waals surface area contributed by atoms with Crippen molar-refractivity contribution in [2.24, 2.45) is 0 Å². The van der Waals surface area contributed by atoms with E-state index >= 15 is 0 Å². The summed E-state index contributed by atoms with van der Waals surface area (Å²) in [6.07, 6.45) is 4.03. The molecule has 6 rings (SSSR count). The lowest BCUT2D eigenvalue weighted by atomic mass is 9.88. The molecule has 1 saturated heterocycles. The van der Waals surface area contributed by atoms with Crippen molar-refractivity contribution in [2.75, 3.05) is 24.2 Å². The molecule has 1 aliphatic heterocycles. The second-order valence-corrected chi connectivity index (χ2v) is 12.9. The van der Waals surface area contributed by atoms with E-state index in [-0.39, 0.29) is 39.9 Å². The Morgan fingerprint density at radius 2 is 1.73 bits per heavy atom. The number of nitrogens with one attached hydrogen (secondary N) is 2. The summed E-state index contributed by atoms with van der Waals surface area (Å²) < 4.78 is 42.1. The Balaban J connectivity index is 1.31. The molecule has 44 heavy (non-hydrogen) atoms. The number of fused-ring (bicyclic) bond motifs is 2. The molecule has 0 atom stereocenters. The number of nitrogens with zero attached hydrogens (tertiary/aromatic N) is 4. The molecule has 2 N–H and O–H groups in total. The molecule has 1 fully saturated rings. The third-order valence-electron chi connectivity index (χ3n) is 8.03. The maximum absolute atomic E-state index is 14.9. The number of aryl methyl sites for hydroxylation is 1. The van der Waals surface area contributed by atoms with Crippen molar-refractivity contribution in [3.8, 4) is 0 Å². The number of carbonyl (C=O) groups excluding carboxylic acids is 2. The zero-order valence-corrected chi connectivity index (χ0v) is 25.1. The number of hydrogen-bond acceptors (Lipinski definition) is 7. The molecule has 2 aromatic heterocycles. The average molecular weight is 615 g/mol. The third kappa shape index (κ3) is 5.72. The Kier molecular flexibility index (Phi) is 7.76. The van der Waals surface area contributed by atoms with E-state index in [4.69, 9.17) is 0 Å². The van der Waals surface area contributed by atoms with Gasteiger partial charge in [-0.05, 0) is 66.6 Å². The summed E-state index contributed by atoms with van der Waals surface area (Å²) in [5.74, 6) is -1.65. The van der Waals surface area contributed by atoms with E-state index in [0.717, 1.165) is 18.4 Å². The zero-order chi connectivity index (χ0) is 31.0. The molecular weight excluding hydrogens is 583 g/mol. The summed E-state index contributed by atoms with van der Waals surface area (Å²) in [4.78, 5) is 32.8. The van der Waals surface area contributed by atoms with Crippen LogP contribution in [0.15, 0.2) is 73.1 Å². The standard InChI is InChI=1S/C32H31FN6O4S/c1-3-44(42,43)37-31(40)25-19-35-39-29(25)34-18-26(30(39)36-28-16-20(2)8-11-27(28)33)32(41)38-14-12-22(13-15-38)24-10-9-21-6-4-5-7-23(21)17-24/h4-11,16-19,22,36H,3,12-15H2,1-2H3,(H,37,40). The monoisotopic (exact) mass is 614 g/mol. The Hall–Kier alpha value is -4.84. The molecule has 0 spiro atoms. The Labute approximate surface area is 254 Å². The van der Waals surface area contributed by atoms with Crippen molar-refractivity contribution >= 4 is 49.8 Å². The van der Waals surface area contributed by atoms with Gasteiger partial charge in [0.1, 0.15) is 22.8 Å². The molecule has 3 heterocycles. The highest BCUT2D eigenvalue weighted by molar-refractivity contribution is 7.90. The summed E-state index contributed by atoms with van der Waals surface area (Å²) in [7, 11) is -3.84. The first-order valence-electron chi connectivity index (χ1n) is 14.4. The zero-order valence-electron chi connectivity index (χ0n) is 24.2. The predicted octanol–water partition coefficient (Wildman–Crippen LogP) is 5.17. The summed E-state index contributed by atoms with van der Waals surface area (Å²) >= 11 is 0. The minimum Gasteiger partial charge on any atom is -0.338 e. The van der Waals surface area contributed by atoms with Gasteiger partial charge in [-0.3, -0.25) is 9.59 Å². The van der Waals surface area contributed by atoms with Crippen molar-refractivity contribution in [1.29, 1.82) is 0 Å². The van der Waals surface area contributed by atoms with Gasteiger partial charge in [0.15, 0.2) is 5.65 Å². The van der Waals surface area contributed by atoms with E-state index in [1.165, 1.54) is 46.2 Å². The average Bonchev–Trinajstić information content (AvgIpc) is 3.47. The number of carbonyl (C=O) groups is 2. The SMILES string of the molecule is CCS(=O)(=O)NC(=O)c1cnn2c(Nc3cc(C)ccc3F)c(C(=O)N3CCC(c4ccc5ccccc5c4)CC3)cnc12. The van der Waals surface area contributed by atoms with Crippen molar-refractivity contribution in [2.45, 2.75) is 32.6 Å². The van der Waals surface area contributed by atoms with E-state index in [1.807, 2.05) is 23.8 Å². The molecule has 226 valence electrons. The van der Waals surface area contributed by atoms with Gasteiger partial charge in [0.05, 0.1) is 17.6 Å². The first-order valence-corrected chi connectivity index (χ1v) is 16.0. The molecule has 0 aliphatic carbocycles. The maximum Gasteiger partial charge on any atom is 0.270 e. The summed E-state index contributed by atoms with van der Waals surface area (Å²) in [6, 6.07) is 19.2. The van der Waals surface area contributed by atoms with Crippen LogP contribution in [0.4, 0.5) is 15.9 Å². The number of benzene rings is 3. The topological polar surface area (TPSA) is 126 Å². The molecule has 10 nitrogen and oxygen atoms in total. The smallest absolute Gasteiger partial charge is 0.270 e. The number of anilines is 2. The normalized spacial score (nSPS) is 14.2. The van der Waals surface area contributed by atoms with E-state index < -0.39 is 21.7 Å². The van der Waals surface area contributed by atoms with Crippen LogP contribution in [0.5, 0.6) is 0 Å². The predicted molar refractivity (Wildman–Crippen MR) is 166 cm³/mol. The van der Waals surface area contributed by atoms with E-state index in [2.05, 4.69) is 45.7 Å². The lowest BCUT2D eigenvalue weighted by molar-refractivity contribution is 0.0713. The second kappa shape index (κ2) is 11.7. The highest BCUT2D eigenvalue weighted by atomic mass is 32.2. The van der Waals surface area contributed by atoms with Gasteiger partial charge in [0.25, 0.3) is 11.8 Å². The van der Waals surface area contributed by atoms with Gasteiger partial charge in [0, 0.05) is 19.3 Å². The molecule has 12 heteroatoms. The molecule has 1 aliphatic rings. The van der Waals surface area contributed by atoms with Gasteiger partial charge in [-0.2, -0.15) is 9.61 Å². The van der Waals surface area contributed by atoms with Crippen LogP contribution in [-0.4, -0.2) is 58.6 Å². The first-order chi connectivity index (χ1) is 21.1. The number of hydrogen-bond donors (Lipinski definition) is 2. The van der Waals surface area contributed by atoms with Crippen molar-refractivity contribution < 1.29 is 22.4 Å². The minimum atomic E-state index is -3.84. The maximum atomic E-state index is 14.9. The summed E-state index contributed by atoms with van der Waals surface area (Å²) in [6.45, 7) is 4.23. The number of rotatable bonds is 7. The number of amides is 2. The highest BCUT2D eigenvalue weighted by Gasteiger charge is 2.29. The number of piperidine rings is 1. The Bertz CT molecular complexity index is 2020. The summed E-state index contributed by atoms with van der Waals surface area (Å²) in [5, 5.41) is 9.61. The molecule has 0 radical (unpaired) electrons. The molecule has 0 bridgehead atoms. The fourth-order valence-corrected chi connectivity index (χ4v) is 6.08. The van der Waals surface area contributed by atoms with Gasteiger partial charge in [0.2, 0.25) is 10.0 Å². The number of sulfonamides is 1. The van der Waals surface area contributed by atoms with E-state index in [0.29, 0.717) is 19.0 Å². The van der Waals surface area contributed by atoms with E-state index in [1.54, 1.807) is 17.0 Å². The molecule has 0 unspecified atom stereocenters. The van der Waals surface area contributed by atoms with Crippen LogP contribution in [0.3, 0.4) is 0 Å². The lowest BCUT2D eigenvalue weighted by Gasteiger charge is -2.32. The van der Waals surface area contributed by atoms with Crippen LogP contribution < -0.4 is 10.0 Å². The Morgan fingerprint density at radius 1 is 0.977 bits per heavy atom. The lowest BCUT2D eigenvalue weighted by Crippen LogP contribution is -2.38. The van der Waals surface area contributed by atoms with Crippen LogP contribution in [0.25, 0.3) is 16.4 Å². The van der Waals surface area contributed by atoms with Crippen LogP contribution >= 0.6 is 0 Å². The molecular formula is C32H31FN6O4S. The number of halogens is 1. The quantitative estimate of drug-likeness (QED) is 0.259. The summed E-state index contributed by atoms with van der Waals surface area (Å²) in [5.41, 5.74) is 2.17. The van der Waals surface area contributed by atoms with Crippen LogP contribution in [0.2, 0.25) is 0 Å². The fourth-order valence-electron chi connectivity index (χ4n) is 5.55. The number of aromatic nitrogens is 3. The van der Waals surface area contributed by atoms with Gasteiger partial charge in [-0.15, -0.1) is 0 Å². The number of likely N-dealkylation sites (tertiary alicyclic amines) is 1. The molecule has 5 aromatic rings. The third-order valence-corrected chi connectivity index (χ3v) is 9.29. The first kappa shape index (κ1) is 29.2.